The molecule has 1 aliphatic carbocycles. The van der Waals surface area contributed by atoms with E-state index in [1.165, 1.54) is 24.8 Å². The highest BCUT2D eigenvalue weighted by atomic mass is 16.2. The fraction of sp³-hybridized carbons (Fsp3) is 0.474. The number of urea groups is 1. The standard InChI is InChI=1S/C19H24N4O/c24-19(23-14-16-6-7-17(23)12-16)21-13-18-20-9-11-22(18)10-8-15-4-2-1-3-5-15/h1-5,9,11,16-17H,6-8,10,12-14H2,(H,21,24)/t16-,17-/m0/s1. The highest BCUT2D eigenvalue weighted by molar-refractivity contribution is 5.75. The molecule has 1 aromatic carbocycles. The van der Waals surface area contributed by atoms with E-state index in [1.54, 1.807) is 0 Å². The lowest BCUT2D eigenvalue weighted by molar-refractivity contribution is 0.180. The lowest BCUT2D eigenvalue weighted by Gasteiger charge is -2.27. The van der Waals surface area contributed by atoms with Gasteiger partial charge in [-0.3, -0.25) is 0 Å². The van der Waals surface area contributed by atoms with E-state index in [4.69, 9.17) is 0 Å². The van der Waals surface area contributed by atoms with Gasteiger partial charge >= 0.3 is 6.03 Å². The van der Waals surface area contributed by atoms with Crippen LogP contribution < -0.4 is 5.32 Å². The summed E-state index contributed by atoms with van der Waals surface area (Å²) in [5, 5.41) is 3.05. The number of hydrogen-bond donors (Lipinski definition) is 1. The summed E-state index contributed by atoms with van der Waals surface area (Å²) in [6.45, 7) is 2.30. The van der Waals surface area contributed by atoms with Crippen molar-refractivity contribution in [2.75, 3.05) is 6.54 Å². The number of benzene rings is 1. The van der Waals surface area contributed by atoms with E-state index in [9.17, 15) is 4.79 Å². The van der Waals surface area contributed by atoms with E-state index in [2.05, 4.69) is 39.1 Å². The Morgan fingerprint density at radius 2 is 2.12 bits per heavy atom. The molecule has 0 unspecified atom stereocenters. The first-order valence-corrected chi connectivity index (χ1v) is 8.88. The van der Waals surface area contributed by atoms with E-state index < -0.39 is 0 Å². The number of hydrogen-bond acceptors (Lipinski definition) is 2. The van der Waals surface area contributed by atoms with Crippen LogP contribution in [0.3, 0.4) is 0 Å². The molecule has 0 spiro atoms. The van der Waals surface area contributed by atoms with Crippen LogP contribution in [0.25, 0.3) is 0 Å². The molecule has 24 heavy (non-hydrogen) atoms. The predicted molar refractivity (Wildman–Crippen MR) is 92.4 cm³/mol. The number of fused-ring (bicyclic) bond motifs is 2. The zero-order chi connectivity index (χ0) is 16.4. The molecule has 2 atom stereocenters. The normalized spacial score (nSPS) is 22.1. The molecule has 0 radical (unpaired) electrons. The van der Waals surface area contributed by atoms with Crippen LogP contribution in [-0.2, 0) is 19.5 Å². The van der Waals surface area contributed by atoms with Crippen LogP contribution in [0.1, 0.15) is 30.7 Å². The van der Waals surface area contributed by atoms with Crippen molar-refractivity contribution in [2.24, 2.45) is 5.92 Å². The third-order valence-corrected chi connectivity index (χ3v) is 5.35. The van der Waals surface area contributed by atoms with Gasteiger partial charge in [-0.1, -0.05) is 30.3 Å². The molecular formula is C19H24N4O. The molecule has 2 aromatic rings. The number of carbonyl (C=O) groups excluding carboxylic acids is 1. The fourth-order valence-electron chi connectivity index (χ4n) is 4.03. The second kappa shape index (κ2) is 6.67. The van der Waals surface area contributed by atoms with Crippen molar-refractivity contribution >= 4 is 6.03 Å². The molecule has 2 amide bonds. The molecule has 126 valence electrons. The van der Waals surface area contributed by atoms with Gasteiger partial charge in [-0.15, -0.1) is 0 Å². The van der Waals surface area contributed by atoms with Crippen LogP contribution in [0.15, 0.2) is 42.7 Å². The van der Waals surface area contributed by atoms with Gasteiger partial charge in [0.15, 0.2) is 0 Å². The van der Waals surface area contributed by atoms with Crippen molar-refractivity contribution in [1.82, 2.24) is 19.8 Å². The molecule has 4 rings (SSSR count). The van der Waals surface area contributed by atoms with E-state index >= 15 is 0 Å². The maximum atomic E-state index is 12.4. The van der Waals surface area contributed by atoms with Crippen LogP contribution in [0.2, 0.25) is 0 Å². The number of rotatable bonds is 5. The van der Waals surface area contributed by atoms with Crippen molar-refractivity contribution in [3.63, 3.8) is 0 Å². The maximum absolute atomic E-state index is 12.4. The molecule has 5 nitrogen and oxygen atoms in total. The Balaban J connectivity index is 1.31. The average molecular weight is 324 g/mol. The zero-order valence-corrected chi connectivity index (χ0v) is 13.9. The molecule has 2 heterocycles. The Bertz CT molecular complexity index is 696. The highest BCUT2D eigenvalue weighted by Gasteiger charge is 2.40. The first-order chi connectivity index (χ1) is 11.8. The zero-order valence-electron chi connectivity index (χ0n) is 13.9. The summed E-state index contributed by atoms with van der Waals surface area (Å²) < 4.78 is 2.13. The van der Waals surface area contributed by atoms with Crippen LogP contribution in [0.5, 0.6) is 0 Å². The summed E-state index contributed by atoms with van der Waals surface area (Å²) in [5.41, 5.74) is 1.31. The van der Waals surface area contributed by atoms with Crippen LogP contribution >= 0.6 is 0 Å². The number of likely N-dealkylation sites (tertiary alicyclic amines) is 1. The Labute approximate surface area is 142 Å². The molecule has 1 saturated heterocycles. The van der Waals surface area contributed by atoms with Crippen molar-refractivity contribution in [3.05, 3.63) is 54.1 Å². The largest absolute Gasteiger partial charge is 0.333 e. The molecule has 1 aromatic heterocycles. The minimum Gasteiger partial charge on any atom is -0.333 e. The first-order valence-electron chi connectivity index (χ1n) is 8.88. The minimum atomic E-state index is 0.0693. The second-order valence-corrected chi connectivity index (χ2v) is 6.92. The van der Waals surface area contributed by atoms with Crippen LogP contribution in [0, 0.1) is 5.92 Å². The molecule has 1 saturated carbocycles. The van der Waals surface area contributed by atoms with Crippen molar-refractivity contribution in [2.45, 2.75) is 44.8 Å². The topological polar surface area (TPSA) is 50.2 Å². The monoisotopic (exact) mass is 324 g/mol. The Kier molecular flexibility index (Phi) is 4.24. The molecule has 2 fully saturated rings. The number of imidazole rings is 1. The minimum absolute atomic E-state index is 0.0693. The van der Waals surface area contributed by atoms with Crippen molar-refractivity contribution in [1.29, 1.82) is 0 Å². The number of nitrogens with zero attached hydrogens (tertiary/aromatic N) is 3. The Morgan fingerprint density at radius 3 is 2.88 bits per heavy atom. The van der Waals surface area contributed by atoms with Crippen molar-refractivity contribution in [3.8, 4) is 0 Å². The predicted octanol–water partition coefficient (Wildman–Crippen LogP) is 2.82. The highest BCUT2D eigenvalue weighted by Crippen LogP contribution is 2.37. The van der Waals surface area contributed by atoms with Crippen LogP contribution in [0.4, 0.5) is 4.79 Å². The summed E-state index contributed by atoms with van der Waals surface area (Å²) in [6, 6.07) is 11.0. The van der Waals surface area contributed by atoms with Gasteiger partial charge < -0.3 is 14.8 Å². The summed E-state index contributed by atoms with van der Waals surface area (Å²) in [5.74, 6) is 1.65. The number of aromatic nitrogens is 2. The Hall–Kier alpha value is -2.30. The van der Waals surface area contributed by atoms with Gasteiger partial charge in [-0.2, -0.15) is 0 Å². The quantitative estimate of drug-likeness (QED) is 0.919. The summed E-state index contributed by atoms with van der Waals surface area (Å²) in [4.78, 5) is 18.8. The maximum Gasteiger partial charge on any atom is 0.318 e. The third kappa shape index (κ3) is 3.16. The van der Waals surface area contributed by atoms with Gasteiger partial charge in [0.05, 0.1) is 6.54 Å². The van der Waals surface area contributed by atoms with E-state index in [0.717, 1.165) is 31.3 Å². The molecule has 5 heteroatoms. The van der Waals surface area contributed by atoms with E-state index in [0.29, 0.717) is 12.6 Å². The summed E-state index contributed by atoms with van der Waals surface area (Å²) >= 11 is 0. The van der Waals surface area contributed by atoms with Gasteiger partial charge in [0.1, 0.15) is 5.82 Å². The van der Waals surface area contributed by atoms with Gasteiger partial charge in [-0.25, -0.2) is 9.78 Å². The van der Waals surface area contributed by atoms with E-state index in [-0.39, 0.29) is 6.03 Å². The third-order valence-electron chi connectivity index (χ3n) is 5.35. The van der Waals surface area contributed by atoms with Crippen LogP contribution in [-0.4, -0.2) is 33.1 Å². The van der Waals surface area contributed by atoms with Gasteiger partial charge in [0.25, 0.3) is 0 Å². The molecule has 1 aliphatic heterocycles. The number of amides is 2. The lowest BCUT2D eigenvalue weighted by atomic mass is 10.1. The van der Waals surface area contributed by atoms with Gasteiger partial charge in [0.2, 0.25) is 0 Å². The molecule has 2 aliphatic rings. The van der Waals surface area contributed by atoms with Crippen molar-refractivity contribution < 1.29 is 4.79 Å². The first kappa shape index (κ1) is 15.2. The van der Waals surface area contributed by atoms with Gasteiger partial charge in [-0.05, 0) is 37.2 Å². The molecular weight excluding hydrogens is 300 g/mol. The van der Waals surface area contributed by atoms with E-state index in [1.807, 2.05) is 23.4 Å². The summed E-state index contributed by atoms with van der Waals surface area (Å²) in [6.07, 6.45) is 8.42. The number of piperidine rings is 1. The molecule has 1 N–H and O–H groups in total. The average Bonchev–Trinajstić information content (AvgIpc) is 3.35. The second-order valence-electron chi connectivity index (χ2n) is 6.92. The summed E-state index contributed by atoms with van der Waals surface area (Å²) in [7, 11) is 0. The number of aryl methyl sites for hydroxylation is 2. The number of carbonyl (C=O) groups is 1. The number of nitrogens with one attached hydrogen (secondary N) is 1. The molecule has 2 bridgehead atoms. The fourth-order valence-corrected chi connectivity index (χ4v) is 4.03. The SMILES string of the molecule is O=C(NCc1nccn1CCc1ccccc1)N1C[C@H]2CC[C@H]1C2. The lowest BCUT2D eigenvalue weighted by Crippen LogP contribution is -2.44. The Morgan fingerprint density at radius 1 is 1.25 bits per heavy atom. The smallest absolute Gasteiger partial charge is 0.318 e. The van der Waals surface area contributed by atoms with Gasteiger partial charge in [0, 0.05) is 31.5 Å².